The highest BCUT2D eigenvalue weighted by atomic mass is 16.7. The van der Waals surface area contributed by atoms with Crippen molar-refractivity contribution in [3.05, 3.63) is 65.9 Å². The van der Waals surface area contributed by atoms with Crippen molar-refractivity contribution in [1.82, 2.24) is 30.7 Å². The Morgan fingerprint density at radius 2 is 1.52 bits per heavy atom. The maximum atomic E-state index is 13.7. The molecule has 0 saturated carbocycles. The summed E-state index contributed by atoms with van der Waals surface area (Å²) in [5.41, 5.74) is 1.66. The van der Waals surface area contributed by atoms with E-state index in [-0.39, 0.29) is 91.0 Å². The van der Waals surface area contributed by atoms with Gasteiger partial charge in [-0.1, -0.05) is 20.3 Å². The SMILES string of the molecule is CC(C)[C@H](NC(=O)CCCCCN1C(=O)C=CC1=O)C(=O)N[C@@H](C)C(=O)Nc1ccc(NC(=O)C2=CC(NC(=O)CCCOc3cc4c(cc3O[C@@H]3O[C@H](CO)[C@H](O)[C@H](O)[C@H]3O)C(=O)N3CCCC[C@H]3C=N4)CN2C)cc1. The van der Waals surface area contributed by atoms with Gasteiger partial charge in [-0.2, -0.15) is 0 Å². The van der Waals surface area contributed by atoms with Crippen LogP contribution in [-0.2, 0) is 38.3 Å². The molecule has 5 aliphatic rings. The molecule has 2 aromatic carbocycles. The molecule has 0 radical (unpaired) electrons. The summed E-state index contributed by atoms with van der Waals surface area (Å²) in [5.74, 6) is -3.35. The first-order valence-electron chi connectivity index (χ1n) is 26.0. The monoisotopic (exact) mass is 1070 g/mol. The van der Waals surface area contributed by atoms with Gasteiger partial charge >= 0.3 is 0 Å². The van der Waals surface area contributed by atoms with E-state index in [1.807, 2.05) is 0 Å². The van der Waals surface area contributed by atoms with Gasteiger partial charge in [-0.3, -0.25) is 48.2 Å². The van der Waals surface area contributed by atoms with Crippen LogP contribution < -0.4 is 36.1 Å². The zero-order valence-electron chi connectivity index (χ0n) is 43.5. The van der Waals surface area contributed by atoms with Gasteiger partial charge in [0.15, 0.2) is 11.5 Å². The summed E-state index contributed by atoms with van der Waals surface area (Å²) in [6.45, 7) is 5.49. The van der Waals surface area contributed by atoms with Crippen LogP contribution in [0.25, 0.3) is 0 Å². The number of likely N-dealkylation sites (N-methyl/N-ethyl adjacent to an activating group) is 1. The lowest BCUT2D eigenvalue weighted by Gasteiger charge is -2.39. The second-order valence-corrected chi connectivity index (χ2v) is 20.0. The number of aliphatic hydroxyl groups is 4. The van der Waals surface area contributed by atoms with Gasteiger partial charge in [0.1, 0.15) is 42.2 Å². The van der Waals surface area contributed by atoms with Crippen LogP contribution in [0.2, 0.25) is 0 Å². The topological polar surface area (TPSA) is 327 Å². The van der Waals surface area contributed by atoms with Crippen LogP contribution in [0.15, 0.2) is 65.3 Å². The number of carbonyl (C=O) groups excluding carboxylic acids is 8. The third kappa shape index (κ3) is 14.6. The molecule has 0 aromatic heterocycles. The molecule has 5 heterocycles. The maximum Gasteiger partial charge on any atom is 0.271 e. The largest absolute Gasteiger partial charge is 0.490 e. The van der Waals surface area contributed by atoms with Crippen molar-refractivity contribution in [3.8, 4) is 11.5 Å². The van der Waals surface area contributed by atoms with Crippen LogP contribution in [0.1, 0.15) is 88.9 Å². The van der Waals surface area contributed by atoms with Crippen LogP contribution in [0.4, 0.5) is 17.1 Å². The van der Waals surface area contributed by atoms with E-state index in [1.54, 1.807) is 67.3 Å². The molecule has 8 amide bonds. The maximum absolute atomic E-state index is 13.7. The smallest absolute Gasteiger partial charge is 0.271 e. The number of aliphatic hydroxyl groups excluding tert-OH is 4. The van der Waals surface area contributed by atoms with Crippen molar-refractivity contribution in [2.24, 2.45) is 10.9 Å². The van der Waals surface area contributed by atoms with Crippen LogP contribution in [-0.4, -0.2) is 183 Å². The average Bonchev–Trinajstić information content (AvgIpc) is 3.91. The van der Waals surface area contributed by atoms with Gasteiger partial charge in [0, 0.05) is 75.3 Å². The fourth-order valence-corrected chi connectivity index (χ4v) is 9.42. The van der Waals surface area contributed by atoms with Gasteiger partial charge in [-0.05, 0) is 87.8 Å². The minimum atomic E-state index is -1.73. The number of imide groups is 1. The molecule has 7 rings (SSSR count). The molecule has 2 fully saturated rings. The average molecular weight is 1070 g/mol. The number of benzene rings is 2. The highest BCUT2D eigenvalue weighted by molar-refractivity contribution is 6.13. The Kier molecular flexibility index (Phi) is 19.5. The molecule has 2 saturated heterocycles. The number of aliphatic imine (C=N–C) groups is 1. The number of hydrogen-bond acceptors (Lipinski definition) is 17. The summed E-state index contributed by atoms with van der Waals surface area (Å²) in [6.07, 6.45) is 2.49. The first-order chi connectivity index (χ1) is 36.8. The Hall–Kier alpha value is -7.25. The van der Waals surface area contributed by atoms with E-state index in [0.717, 1.165) is 24.2 Å². The number of nitrogens with one attached hydrogen (secondary N) is 5. The summed E-state index contributed by atoms with van der Waals surface area (Å²) in [7, 11) is 1.71. The highest BCUT2D eigenvalue weighted by Crippen LogP contribution is 2.40. The van der Waals surface area contributed by atoms with E-state index in [1.165, 1.54) is 31.2 Å². The summed E-state index contributed by atoms with van der Waals surface area (Å²) < 4.78 is 17.7. The number of amides is 8. The first-order valence-corrected chi connectivity index (χ1v) is 26.0. The zero-order valence-corrected chi connectivity index (χ0v) is 43.5. The number of carbonyl (C=O) groups is 8. The fourth-order valence-electron chi connectivity index (χ4n) is 9.42. The Balaban J connectivity index is 0.853. The number of fused-ring (bicyclic) bond motifs is 2. The summed E-state index contributed by atoms with van der Waals surface area (Å²) in [4.78, 5) is 112. The minimum absolute atomic E-state index is 0.00505. The molecular weight excluding hydrogens is 1000 g/mol. The lowest BCUT2D eigenvalue weighted by Crippen LogP contribution is -2.60. The number of hydrogen-bond donors (Lipinski definition) is 9. The summed E-state index contributed by atoms with van der Waals surface area (Å²) in [5, 5.41) is 55.1. The van der Waals surface area contributed by atoms with Gasteiger partial charge in [0.25, 0.3) is 23.6 Å². The van der Waals surface area contributed by atoms with Crippen molar-refractivity contribution in [3.63, 3.8) is 0 Å². The summed E-state index contributed by atoms with van der Waals surface area (Å²) in [6, 6.07) is 6.71. The van der Waals surface area contributed by atoms with E-state index in [0.29, 0.717) is 55.1 Å². The standard InChI is InChI=1S/C53H69N9O15/c1-29(2)45(59-42(65)12-6-5-8-21-62-43(66)18-19-44(62)67)51(73)55-30(3)49(71)57-31-14-16-32(17-15-31)58-50(72)37-23-33(27-60(37)4)56-41(64)13-10-22-75-38-25-36-35(52(74)61-20-9-7-11-34(61)26-54-36)24-39(38)76-53-48(70)47(69)46(68)40(28-63)77-53/h14-19,23-26,29-30,33-34,40,45-48,53,63,68-70H,5-13,20-22,27-28H2,1-4H3,(H,55,73)(H,56,64)(H,57,71)(H,58,72)(H,59,65)/t30-,33?,34-,40+,45-,46-,47-,48+,53+/m0/s1. The first kappa shape index (κ1) is 57.5. The number of piperidine rings is 1. The van der Waals surface area contributed by atoms with Crippen molar-refractivity contribution < 1.29 is 73.0 Å². The van der Waals surface area contributed by atoms with Crippen molar-refractivity contribution >= 4 is 70.5 Å². The molecule has 416 valence electrons. The van der Waals surface area contributed by atoms with E-state index in [9.17, 15) is 58.8 Å². The highest BCUT2D eigenvalue weighted by Gasteiger charge is 2.45. The molecule has 24 heteroatoms. The molecule has 9 N–H and O–H groups in total. The van der Waals surface area contributed by atoms with E-state index in [2.05, 4.69) is 31.6 Å². The Labute approximate surface area is 445 Å². The van der Waals surface area contributed by atoms with E-state index >= 15 is 0 Å². The van der Waals surface area contributed by atoms with Crippen molar-refractivity contribution in [2.45, 2.75) is 133 Å². The fraction of sp³-hybridized carbons (Fsp3) is 0.528. The van der Waals surface area contributed by atoms with Gasteiger partial charge in [0.05, 0.1) is 36.5 Å². The number of ether oxygens (including phenoxy) is 3. The van der Waals surface area contributed by atoms with E-state index < -0.39 is 73.2 Å². The quantitative estimate of drug-likeness (QED) is 0.0548. The van der Waals surface area contributed by atoms with E-state index in [4.69, 9.17) is 14.2 Å². The second-order valence-electron chi connectivity index (χ2n) is 20.0. The van der Waals surface area contributed by atoms with Crippen LogP contribution >= 0.6 is 0 Å². The predicted molar refractivity (Wildman–Crippen MR) is 277 cm³/mol. The van der Waals surface area contributed by atoms with Gasteiger partial charge < -0.3 is 71.0 Å². The Morgan fingerprint density at radius 1 is 0.818 bits per heavy atom. The minimum Gasteiger partial charge on any atom is -0.490 e. The third-order valence-electron chi connectivity index (χ3n) is 13.8. The molecular formula is C53H69N9O15. The molecule has 77 heavy (non-hydrogen) atoms. The van der Waals surface area contributed by atoms with Gasteiger partial charge in [-0.25, -0.2) is 0 Å². The molecule has 1 unspecified atom stereocenters. The van der Waals surface area contributed by atoms with Crippen molar-refractivity contribution in [1.29, 1.82) is 0 Å². The van der Waals surface area contributed by atoms with Gasteiger partial charge in [-0.15, -0.1) is 0 Å². The van der Waals surface area contributed by atoms with Crippen LogP contribution in [0, 0.1) is 5.92 Å². The Morgan fingerprint density at radius 3 is 2.22 bits per heavy atom. The van der Waals surface area contributed by atoms with Crippen LogP contribution in [0.3, 0.4) is 0 Å². The van der Waals surface area contributed by atoms with Crippen molar-refractivity contribution in [2.75, 3.05) is 50.5 Å². The Bertz CT molecular complexity index is 2610. The number of unbranched alkanes of at least 4 members (excludes halogenated alkanes) is 2. The zero-order chi connectivity index (χ0) is 55.5. The normalized spacial score (nSPS) is 23.6. The molecule has 0 bridgehead atoms. The molecule has 2 aromatic rings. The second kappa shape index (κ2) is 26.2. The third-order valence-corrected chi connectivity index (χ3v) is 13.8. The number of nitrogens with zero attached hydrogens (tertiary/aromatic N) is 4. The molecule has 9 atom stereocenters. The lowest BCUT2D eigenvalue weighted by atomic mass is 9.99. The van der Waals surface area contributed by atoms with Crippen LogP contribution in [0.5, 0.6) is 11.5 Å². The molecule has 5 aliphatic heterocycles. The summed E-state index contributed by atoms with van der Waals surface area (Å²) >= 11 is 0. The molecule has 0 spiro atoms. The number of anilines is 2. The predicted octanol–water partition coefficient (Wildman–Crippen LogP) is 0.757. The molecule has 0 aliphatic carbocycles. The molecule has 24 nitrogen and oxygen atoms in total. The van der Waals surface area contributed by atoms with Gasteiger partial charge in [0.2, 0.25) is 29.9 Å². The lowest BCUT2D eigenvalue weighted by molar-refractivity contribution is -0.277. The number of rotatable bonds is 23.